The quantitative estimate of drug-likeness (QED) is 0.755. The van der Waals surface area contributed by atoms with Gasteiger partial charge in [-0.1, -0.05) is 11.6 Å². The van der Waals surface area contributed by atoms with Gasteiger partial charge in [0, 0.05) is 16.6 Å². The van der Waals surface area contributed by atoms with Crippen LogP contribution in [0.1, 0.15) is 24.4 Å². The summed E-state index contributed by atoms with van der Waals surface area (Å²) in [7, 11) is 0. The molecule has 0 unspecified atom stereocenters. The van der Waals surface area contributed by atoms with Crippen molar-refractivity contribution in [2.24, 2.45) is 0 Å². The molecule has 1 saturated heterocycles. The van der Waals surface area contributed by atoms with E-state index >= 15 is 0 Å². The van der Waals surface area contributed by atoms with Gasteiger partial charge in [-0.05, 0) is 31.5 Å². The van der Waals surface area contributed by atoms with E-state index in [1.807, 2.05) is 0 Å². The maximum absolute atomic E-state index is 13.1. The lowest BCUT2D eigenvalue weighted by molar-refractivity contribution is 0.417. The van der Waals surface area contributed by atoms with E-state index in [0.29, 0.717) is 10.6 Å². The molecular weight excluding hydrogens is 205 g/mol. The topological polar surface area (TPSA) is 32.3 Å². The van der Waals surface area contributed by atoms with Gasteiger partial charge in [-0.3, -0.25) is 0 Å². The Hall–Kier alpha value is -0.800. The zero-order valence-corrected chi connectivity index (χ0v) is 8.31. The van der Waals surface area contributed by atoms with Crippen molar-refractivity contribution in [3.8, 4) is 5.75 Å². The highest BCUT2D eigenvalue weighted by Gasteiger charge is 2.23. The monoisotopic (exact) mass is 215 g/mol. The van der Waals surface area contributed by atoms with Gasteiger partial charge < -0.3 is 10.4 Å². The molecule has 2 N–H and O–H groups in total. The molecule has 76 valence electrons. The highest BCUT2D eigenvalue weighted by molar-refractivity contribution is 6.31. The fourth-order valence-electron chi connectivity index (χ4n) is 1.82. The fraction of sp³-hybridized carbons (Fsp3) is 0.400. The molecule has 1 aliphatic rings. The average Bonchev–Trinajstić information content (AvgIpc) is 2.65. The van der Waals surface area contributed by atoms with Crippen LogP contribution in [0.4, 0.5) is 4.39 Å². The van der Waals surface area contributed by atoms with Gasteiger partial charge in [0.1, 0.15) is 0 Å². The first kappa shape index (κ1) is 9.74. The Morgan fingerprint density at radius 3 is 2.93 bits per heavy atom. The number of rotatable bonds is 1. The standard InChI is InChI=1S/C10H11ClFNO/c11-6-3-4-7(12)10(14)9(6)8-2-1-5-13-8/h3-4,8,13-14H,1-2,5H2/t8-/m0/s1. The number of phenolic OH excluding ortho intramolecular Hbond substituents is 1. The van der Waals surface area contributed by atoms with Crippen molar-refractivity contribution in [3.05, 3.63) is 28.5 Å². The number of hydrogen-bond donors (Lipinski definition) is 2. The van der Waals surface area contributed by atoms with Gasteiger partial charge in [0.25, 0.3) is 0 Å². The number of halogens is 2. The summed E-state index contributed by atoms with van der Waals surface area (Å²) in [5.41, 5.74) is 0.490. The first-order valence-corrected chi connectivity index (χ1v) is 4.98. The second-order valence-corrected chi connectivity index (χ2v) is 3.85. The van der Waals surface area contributed by atoms with Crippen molar-refractivity contribution in [3.63, 3.8) is 0 Å². The lowest BCUT2D eigenvalue weighted by atomic mass is 10.0. The number of benzene rings is 1. The SMILES string of the molecule is Oc1c(F)ccc(Cl)c1[C@@H]1CCCN1. The second kappa shape index (κ2) is 3.75. The molecule has 1 fully saturated rings. The summed E-state index contributed by atoms with van der Waals surface area (Å²) in [6, 6.07) is 2.64. The summed E-state index contributed by atoms with van der Waals surface area (Å²) in [5, 5.41) is 13.1. The third-order valence-electron chi connectivity index (χ3n) is 2.52. The molecular formula is C10H11ClFNO. The second-order valence-electron chi connectivity index (χ2n) is 3.44. The van der Waals surface area contributed by atoms with Gasteiger partial charge >= 0.3 is 0 Å². The number of nitrogens with one attached hydrogen (secondary N) is 1. The molecule has 4 heteroatoms. The molecule has 1 aliphatic heterocycles. The minimum Gasteiger partial charge on any atom is -0.505 e. The first-order valence-electron chi connectivity index (χ1n) is 4.60. The Morgan fingerprint density at radius 2 is 2.29 bits per heavy atom. The Balaban J connectivity index is 2.44. The molecule has 0 bridgehead atoms. The van der Waals surface area contributed by atoms with E-state index in [1.165, 1.54) is 12.1 Å². The van der Waals surface area contributed by atoms with E-state index in [-0.39, 0.29) is 11.8 Å². The summed E-state index contributed by atoms with van der Waals surface area (Å²) < 4.78 is 13.1. The van der Waals surface area contributed by atoms with Crippen molar-refractivity contribution in [1.82, 2.24) is 5.32 Å². The van der Waals surface area contributed by atoms with Crippen molar-refractivity contribution in [2.45, 2.75) is 18.9 Å². The van der Waals surface area contributed by atoms with Crippen LogP contribution in [0.15, 0.2) is 12.1 Å². The molecule has 0 radical (unpaired) electrons. The molecule has 0 spiro atoms. The Labute approximate surface area is 86.7 Å². The average molecular weight is 216 g/mol. The summed E-state index contributed by atoms with van der Waals surface area (Å²) in [4.78, 5) is 0. The number of phenols is 1. The van der Waals surface area contributed by atoms with Gasteiger partial charge in [0.15, 0.2) is 11.6 Å². The summed E-state index contributed by atoms with van der Waals surface area (Å²) >= 11 is 5.91. The van der Waals surface area contributed by atoms with Crippen molar-refractivity contribution in [1.29, 1.82) is 0 Å². The van der Waals surface area contributed by atoms with Gasteiger partial charge in [0.2, 0.25) is 0 Å². The van der Waals surface area contributed by atoms with Gasteiger partial charge in [-0.15, -0.1) is 0 Å². The smallest absolute Gasteiger partial charge is 0.165 e. The molecule has 0 aliphatic carbocycles. The zero-order chi connectivity index (χ0) is 10.1. The van der Waals surface area contributed by atoms with Crippen LogP contribution < -0.4 is 5.32 Å². The van der Waals surface area contributed by atoms with E-state index in [4.69, 9.17) is 11.6 Å². The predicted octanol–water partition coefficient (Wildman–Crippen LogP) is 2.61. The highest BCUT2D eigenvalue weighted by atomic mass is 35.5. The molecule has 0 aromatic heterocycles. The maximum atomic E-state index is 13.1. The third kappa shape index (κ3) is 1.57. The van der Waals surface area contributed by atoms with Crippen LogP contribution in [-0.4, -0.2) is 11.7 Å². The van der Waals surface area contributed by atoms with Crippen LogP contribution in [0, 0.1) is 5.82 Å². The third-order valence-corrected chi connectivity index (χ3v) is 2.85. The van der Waals surface area contributed by atoms with Crippen molar-refractivity contribution < 1.29 is 9.50 Å². The van der Waals surface area contributed by atoms with Crippen LogP contribution in [0.25, 0.3) is 0 Å². The lowest BCUT2D eigenvalue weighted by Crippen LogP contribution is -2.13. The predicted molar refractivity (Wildman–Crippen MR) is 53.1 cm³/mol. The molecule has 2 rings (SSSR count). The van der Waals surface area contributed by atoms with Crippen LogP contribution in [0.3, 0.4) is 0 Å². The molecule has 1 aromatic rings. The van der Waals surface area contributed by atoms with E-state index in [0.717, 1.165) is 19.4 Å². The zero-order valence-electron chi connectivity index (χ0n) is 7.56. The van der Waals surface area contributed by atoms with Crippen LogP contribution in [0.2, 0.25) is 5.02 Å². The van der Waals surface area contributed by atoms with Gasteiger partial charge in [0.05, 0.1) is 0 Å². The normalized spacial score (nSPS) is 21.4. The van der Waals surface area contributed by atoms with Crippen LogP contribution in [0.5, 0.6) is 5.75 Å². The van der Waals surface area contributed by atoms with Crippen LogP contribution >= 0.6 is 11.6 Å². The molecule has 0 saturated carbocycles. The van der Waals surface area contributed by atoms with E-state index in [1.54, 1.807) is 0 Å². The van der Waals surface area contributed by atoms with Gasteiger partial charge in [-0.25, -0.2) is 4.39 Å². The fourth-order valence-corrected chi connectivity index (χ4v) is 2.10. The Kier molecular flexibility index (Phi) is 2.61. The summed E-state index contributed by atoms with van der Waals surface area (Å²) in [6.07, 6.45) is 1.91. The largest absolute Gasteiger partial charge is 0.505 e. The summed E-state index contributed by atoms with van der Waals surface area (Å²) in [5.74, 6) is -0.935. The number of aromatic hydroxyl groups is 1. The Morgan fingerprint density at radius 1 is 1.50 bits per heavy atom. The minimum absolute atomic E-state index is 0.0156. The summed E-state index contributed by atoms with van der Waals surface area (Å²) in [6.45, 7) is 0.886. The molecule has 14 heavy (non-hydrogen) atoms. The Bertz CT molecular complexity index is 350. The lowest BCUT2D eigenvalue weighted by Gasteiger charge is -2.14. The van der Waals surface area contributed by atoms with Gasteiger partial charge in [-0.2, -0.15) is 0 Å². The molecule has 1 atom stereocenters. The van der Waals surface area contributed by atoms with E-state index < -0.39 is 5.82 Å². The maximum Gasteiger partial charge on any atom is 0.165 e. The molecule has 1 aromatic carbocycles. The number of hydrogen-bond acceptors (Lipinski definition) is 2. The van der Waals surface area contributed by atoms with E-state index in [2.05, 4.69) is 5.32 Å². The highest BCUT2D eigenvalue weighted by Crippen LogP contribution is 2.37. The van der Waals surface area contributed by atoms with E-state index in [9.17, 15) is 9.50 Å². The molecule has 2 nitrogen and oxygen atoms in total. The van der Waals surface area contributed by atoms with Crippen LogP contribution in [-0.2, 0) is 0 Å². The first-order chi connectivity index (χ1) is 6.70. The minimum atomic E-state index is -0.613. The van der Waals surface area contributed by atoms with Crippen molar-refractivity contribution in [2.75, 3.05) is 6.54 Å². The van der Waals surface area contributed by atoms with Crippen molar-refractivity contribution >= 4 is 11.6 Å². The molecule has 1 heterocycles. The molecule has 0 amide bonds.